The molecule has 9 rings (SSSR count). The molecule has 47 heavy (non-hydrogen) atoms. The number of aromatic nitrogens is 4. The van der Waals surface area contributed by atoms with Crippen LogP contribution in [0.4, 0.5) is 0 Å². The van der Waals surface area contributed by atoms with Gasteiger partial charge in [-0.05, 0) is 36.9 Å². The van der Waals surface area contributed by atoms with Crippen molar-refractivity contribution in [3.8, 4) is 28.3 Å². The SMILES string of the molecule is Cc1nc2nc(-c3[c-]cc(C)c4c3oc3ccccc34)n(-c3ccccc3)c2c2ccccc12.[Ir].[c-]1ccccc1-c1ccccn1. The predicted molar refractivity (Wildman–Crippen MR) is 186 cm³/mol. The molecule has 5 aromatic carbocycles. The molecule has 0 aliphatic heterocycles. The minimum absolute atomic E-state index is 0. The van der Waals surface area contributed by atoms with E-state index in [4.69, 9.17) is 14.4 Å². The average Bonchev–Trinajstić information content (AvgIpc) is 3.70. The molecule has 4 heterocycles. The summed E-state index contributed by atoms with van der Waals surface area (Å²) in [7, 11) is 0. The van der Waals surface area contributed by atoms with Gasteiger partial charge in [-0.2, -0.15) is 0 Å². The Kier molecular flexibility index (Phi) is 8.21. The van der Waals surface area contributed by atoms with Gasteiger partial charge in [0, 0.05) is 53.8 Å². The van der Waals surface area contributed by atoms with Crippen LogP contribution < -0.4 is 0 Å². The largest absolute Gasteiger partial charge is 0.501 e. The molecule has 0 aliphatic rings. The minimum Gasteiger partial charge on any atom is -0.501 e. The van der Waals surface area contributed by atoms with Gasteiger partial charge in [-0.25, -0.2) is 4.98 Å². The molecule has 0 bridgehead atoms. The summed E-state index contributed by atoms with van der Waals surface area (Å²) in [4.78, 5) is 14.2. The number of para-hydroxylation sites is 2. The molecule has 0 aliphatic carbocycles. The minimum atomic E-state index is 0. The molecule has 0 N–H and O–H groups in total. The van der Waals surface area contributed by atoms with E-state index in [2.05, 4.69) is 71.1 Å². The fourth-order valence-corrected chi connectivity index (χ4v) is 6.12. The zero-order chi connectivity index (χ0) is 31.0. The second-order valence-electron chi connectivity index (χ2n) is 11.2. The summed E-state index contributed by atoms with van der Waals surface area (Å²) in [5, 5.41) is 4.46. The van der Waals surface area contributed by atoms with Crippen LogP contribution in [0.3, 0.4) is 0 Å². The van der Waals surface area contributed by atoms with E-state index in [9.17, 15) is 0 Å². The van der Waals surface area contributed by atoms with E-state index in [1.54, 1.807) is 6.20 Å². The summed E-state index contributed by atoms with van der Waals surface area (Å²) in [6.07, 6.45) is 1.79. The number of furan rings is 1. The first-order valence-corrected chi connectivity index (χ1v) is 15.2. The molecule has 0 saturated heterocycles. The number of hydrogen-bond donors (Lipinski definition) is 0. The van der Waals surface area contributed by atoms with Gasteiger partial charge in [0.25, 0.3) is 0 Å². The summed E-state index contributed by atoms with van der Waals surface area (Å²) in [6.45, 7) is 4.14. The maximum absolute atomic E-state index is 6.41. The molecular weight excluding hydrogens is 757 g/mol. The zero-order valence-electron chi connectivity index (χ0n) is 25.7. The average molecular weight is 785 g/mol. The number of imidazole rings is 1. The maximum Gasteiger partial charge on any atom is 0.169 e. The third-order valence-electron chi connectivity index (χ3n) is 8.24. The summed E-state index contributed by atoms with van der Waals surface area (Å²) in [5.41, 5.74) is 9.33. The van der Waals surface area contributed by atoms with Gasteiger partial charge < -0.3 is 14.0 Å². The van der Waals surface area contributed by atoms with E-state index in [-0.39, 0.29) is 20.1 Å². The summed E-state index contributed by atoms with van der Waals surface area (Å²) in [5.74, 6) is 0.772. The van der Waals surface area contributed by atoms with Crippen LogP contribution in [-0.2, 0) is 20.1 Å². The van der Waals surface area contributed by atoms with Gasteiger partial charge in [-0.3, -0.25) is 4.98 Å². The monoisotopic (exact) mass is 785 g/mol. The Morgan fingerprint density at radius 2 is 1.40 bits per heavy atom. The summed E-state index contributed by atoms with van der Waals surface area (Å²) >= 11 is 0. The van der Waals surface area contributed by atoms with E-state index in [0.29, 0.717) is 5.65 Å². The Balaban J connectivity index is 0.000000228. The standard InChI is InChI=1S/C30H20N3O.C11H8N.Ir/c1-18-16-17-24(28-26(18)23-14-8-9-15-25(23)34-28)30-32-29-27(33(30)20-10-4-3-5-11-20)22-13-7-6-12-21(22)19(2)31-29;1-2-6-10(7-3-1)11-8-4-5-9-12-11;/h3-16H,1-2H3;1-6,8-9H;/q2*-1;. The molecule has 5 nitrogen and oxygen atoms in total. The van der Waals surface area contributed by atoms with Crippen LogP contribution >= 0.6 is 0 Å². The van der Waals surface area contributed by atoms with Crippen molar-refractivity contribution in [3.63, 3.8) is 0 Å². The molecule has 0 unspecified atom stereocenters. The summed E-state index contributed by atoms with van der Waals surface area (Å²) < 4.78 is 8.60. The van der Waals surface area contributed by atoms with Crippen molar-refractivity contribution in [3.05, 3.63) is 157 Å². The Morgan fingerprint density at radius 1 is 0.681 bits per heavy atom. The molecular formula is C41H28IrN4O-2. The predicted octanol–water partition coefficient (Wildman–Crippen LogP) is 10.1. The molecule has 0 spiro atoms. The van der Waals surface area contributed by atoms with Crippen LogP contribution in [0.1, 0.15) is 11.3 Å². The Labute approximate surface area is 285 Å². The van der Waals surface area contributed by atoms with Crippen molar-refractivity contribution in [1.82, 2.24) is 19.5 Å². The number of hydrogen-bond acceptors (Lipinski definition) is 4. The first-order valence-electron chi connectivity index (χ1n) is 15.2. The van der Waals surface area contributed by atoms with Crippen molar-refractivity contribution < 1.29 is 24.5 Å². The molecule has 229 valence electrons. The van der Waals surface area contributed by atoms with Gasteiger partial charge in [0.15, 0.2) is 5.65 Å². The Hall–Kier alpha value is -5.42. The third kappa shape index (κ3) is 5.42. The topological polar surface area (TPSA) is 56.7 Å². The Morgan fingerprint density at radius 3 is 2.17 bits per heavy atom. The van der Waals surface area contributed by atoms with Gasteiger partial charge in [0.05, 0.1) is 16.9 Å². The number of rotatable bonds is 3. The van der Waals surface area contributed by atoms with Crippen molar-refractivity contribution >= 4 is 43.9 Å². The van der Waals surface area contributed by atoms with Gasteiger partial charge in [-0.1, -0.05) is 90.7 Å². The number of nitrogens with zero attached hydrogens (tertiary/aromatic N) is 4. The molecule has 0 amide bonds. The van der Waals surface area contributed by atoms with E-state index in [1.807, 2.05) is 91.9 Å². The van der Waals surface area contributed by atoms with Crippen LogP contribution in [0.5, 0.6) is 0 Å². The van der Waals surface area contributed by atoms with Crippen LogP contribution in [0, 0.1) is 26.0 Å². The zero-order valence-corrected chi connectivity index (χ0v) is 28.1. The van der Waals surface area contributed by atoms with Crippen molar-refractivity contribution in [1.29, 1.82) is 0 Å². The van der Waals surface area contributed by atoms with Crippen LogP contribution in [-0.4, -0.2) is 19.5 Å². The maximum atomic E-state index is 6.41. The smallest absolute Gasteiger partial charge is 0.169 e. The molecule has 1 radical (unpaired) electrons. The number of pyridine rings is 2. The van der Waals surface area contributed by atoms with Crippen molar-refractivity contribution in [2.75, 3.05) is 0 Å². The third-order valence-corrected chi connectivity index (χ3v) is 8.24. The normalized spacial score (nSPS) is 11.0. The molecule has 9 aromatic rings. The molecule has 6 heteroatoms. The molecule has 4 aromatic heterocycles. The van der Waals surface area contributed by atoms with Gasteiger partial charge in [0.1, 0.15) is 5.58 Å². The Bertz CT molecular complexity index is 2450. The molecule has 0 atom stereocenters. The van der Waals surface area contributed by atoms with Crippen LogP contribution in [0.15, 0.2) is 138 Å². The van der Waals surface area contributed by atoms with Crippen molar-refractivity contribution in [2.45, 2.75) is 13.8 Å². The van der Waals surface area contributed by atoms with Crippen LogP contribution in [0.2, 0.25) is 0 Å². The van der Waals surface area contributed by atoms with Gasteiger partial charge in [0.2, 0.25) is 0 Å². The van der Waals surface area contributed by atoms with E-state index in [0.717, 1.165) is 77.8 Å². The van der Waals surface area contributed by atoms with Gasteiger partial charge >= 0.3 is 0 Å². The number of aryl methyl sites for hydroxylation is 2. The molecule has 0 fully saturated rings. The molecule has 0 saturated carbocycles. The van der Waals surface area contributed by atoms with Gasteiger partial charge in [-0.15, -0.1) is 53.6 Å². The fourth-order valence-electron chi connectivity index (χ4n) is 6.12. The number of benzene rings is 5. The quantitative estimate of drug-likeness (QED) is 0.168. The second kappa shape index (κ2) is 12.8. The van der Waals surface area contributed by atoms with Crippen LogP contribution in [0.25, 0.3) is 72.2 Å². The number of fused-ring (bicyclic) bond motifs is 6. The van der Waals surface area contributed by atoms with E-state index in [1.165, 1.54) is 0 Å². The summed E-state index contributed by atoms with van der Waals surface area (Å²) in [6, 6.07) is 49.2. The first kappa shape index (κ1) is 30.2. The second-order valence-corrected chi connectivity index (χ2v) is 11.2. The fraction of sp³-hybridized carbons (Fsp3) is 0.0488. The van der Waals surface area contributed by atoms with E-state index < -0.39 is 0 Å². The van der Waals surface area contributed by atoms with Crippen molar-refractivity contribution in [2.24, 2.45) is 0 Å². The first-order chi connectivity index (χ1) is 22.7. The van der Waals surface area contributed by atoms with E-state index >= 15 is 0 Å².